The van der Waals surface area contributed by atoms with E-state index >= 15 is 0 Å². The Balaban J connectivity index is 2.13. The van der Waals surface area contributed by atoms with Gasteiger partial charge in [0.15, 0.2) is 0 Å². The minimum Gasteiger partial charge on any atom is -0.497 e. The predicted molar refractivity (Wildman–Crippen MR) is 117 cm³/mol. The van der Waals surface area contributed by atoms with Gasteiger partial charge in [0.2, 0.25) is 0 Å². The highest BCUT2D eigenvalue weighted by Crippen LogP contribution is 2.20. The Morgan fingerprint density at radius 1 is 1.24 bits per heavy atom. The molecule has 1 aromatic carbocycles. The normalized spacial score (nSPS) is 13.3. The number of methoxy groups -OCH3 is 1. The van der Waals surface area contributed by atoms with Crippen molar-refractivity contribution in [3.63, 3.8) is 0 Å². The quantitative estimate of drug-likeness (QED) is 0.387. The van der Waals surface area contributed by atoms with Crippen LogP contribution in [0.25, 0.3) is 6.08 Å². The van der Waals surface area contributed by atoms with Crippen molar-refractivity contribution >= 4 is 23.4 Å². The monoisotopic (exact) mass is 415 g/mol. The maximum Gasteiger partial charge on any atom is 0.333 e. The summed E-state index contributed by atoms with van der Waals surface area (Å²) in [6, 6.07) is 7.80. The van der Waals surface area contributed by atoms with E-state index in [0.29, 0.717) is 25.2 Å². The molecule has 29 heavy (non-hydrogen) atoms. The van der Waals surface area contributed by atoms with Gasteiger partial charge in [0.25, 0.3) is 0 Å². The maximum absolute atomic E-state index is 11.9. The van der Waals surface area contributed by atoms with Gasteiger partial charge in [-0.1, -0.05) is 18.2 Å². The molecule has 2 aromatic rings. The van der Waals surface area contributed by atoms with Gasteiger partial charge in [0, 0.05) is 11.0 Å². The molecule has 5 nitrogen and oxygen atoms in total. The number of thiazole rings is 1. The molecule has 0 saturated heterocycles. The molecule has 0 aliphatic carbocycles. The molecule has 1 aromatic heterocycles. The van der Waals surface area contributed by atoms with E-state index in [1.807, 2.05) is 55.6 Å². The minimum absolute atomic E-state index is 0.177. The standard InChI is InChI=1S/C23H29NO4S/c1-6-27-23(25)16(2)7-12-22(17(3)13-20-15-29-18(4)24-20)28-14-19-8-10-21(26-5)11-9-19/h7-11,13,15,22H,6,12,14H2,1-5H3/b16-7+,17-13+/t22-/m0/s1. The average Bonchev–Trinajstić information content (AvgIpc) is 3.12. The van der Waals surface area contributed by atoms with E-state index in [1.165, 1.54) is 0 Å². The molecule has 1 atom stereocenters. The van der Waals surface area contributed by atoms with Crippen LogP contribution in [0.5, 0.6) is 5.75 Å². The van der Waals surface area contributed by atoms with Gasteiger partial charge in [-0.3, -0.25) is 0 Å². The number of aromatic nitrogens is 1. The molecule has 0 saturated carbocycles. The summed E-state index contributed by atoms with van der Waals surface area (Å²) < 4.78 is 16.5. The second-order valence-electron chi connectivity index (χ2n) is 6.67. The van der Waals surface area contributed by atoms with Crippen LogP contribution in [0.2, 0.25) is 0 Å². The third-order valence-corrected chi connectivity index (χ3v) is 5.16. The minimum atomic E-state index is -0.293. The Morgan fingerprint density at radius 3 is 2.55 bits per heavy atom. The lowest BCUT2D eigenvalue weighted by molar-refractivity contribution is -0.138. The molecule has 0 spiro atoms. The summed E-state index contributed by atoms with van der Waals surface area (Å²) in [6.45, 7) is 8.41. The molecular weight excluding hydrogens is 386 g/mol. The molecule has 0 aliphatic heterocycles. The summed E-state index contributed by atoms with van der Waals surface area (Å²) in [5, 5.41) is 3.05. The van der Waals surface area contributed by atoms with Crippen LogP contribution in [0.3, 0.4) is 0 Å². The van der Waals surface area contributed by atoms with Gasteiger partial charge in [-0.05, 0) is 63.5 Å². The van der Waals surface area contributed by atoms with E-state index in [1.54, 1.807) is 32.3 Å². The molecule has 1 heterocycles. The fourth-order valence-electron chi connectivity index (χ4n) is 2.69. The summed E-state index contributed by atoms with van der Waals surface area (Å²) in [4.78, 5) is 16.4. The number of nitrogens with zero attached hydrogens (tertiary/aromatic N) is 1. The Labute approximate surface area is 177 Å². The number of carbonyl (C=O) groups excluding carboxylic acids is 1. The zero-order valence-corrected chi connectivity index (χ0v) is 18.5. The van der Waals surface area contributed by atoms with Crippen LogP contribution in [0.1, 0.15) is 43.5 Å². The first-order valence-corrected chi connectivity index (χ1v) is 10.5. The van der Waals surface area contributed by atoms with Crippen LogP contribution in [-0.2, 0) is 20.9 Å². The maximum atomic E-state index is 11.9. The van der Waals surface area contributed by atoms with Gasteiger partial charge in [0.1, 0.15) is 5.75 Å². The van der Waals surface area contributed by atoms with Crippen molar-refractivity contribution in [3.05, 3.63) is 63.1 Å². The average molecular weight is 416 g/mol. The van der Waals surface area contributed by atoms with Gasteiger partial charge in [0.05, 0.1) is 37.1 Å². The van der Waals surface area contributed by atoms with Crippen molar-refractivity contribution in [1.82, 2.24) is 4.98 Å². The van der Waals surface area contributed by atoms with Crippen molar-refractivity contribution in [2.24, 2.45) is 0 Å². The van der Waals surface area contributed by atoms with E-state index in [-0.39, 0.29) is 12.1 Å². The van der Waals surface area contributed by atoms with E-state index in [4.69, 9.17) is 14.2 Å². The zero-order chi connectivity index (χ0) is 21.2. The first-order chi connectivity index (χ1) is 13.9. The van der Waals surface area contributed by atoms with E-state index < -0.39 is 0 Å². The van der Waals surface area contributed by atoms with E-state index in [9.17, 15) is 4.79 Å². The van der Waals surface area contributed by atoms with Gasteiger partial charge in [-0.25, -0.2) is 9.78 Å². The number of benzene rings is 1. The van der Waals surface area contributed by atoms with Crippen molar-refractivity contribution in [2.75, 3.05) is 13.7 Å². The molecule has 6 heteroatoms. The predicted octanol–water partition coefficient (Wildman–Crippen LogP) is 5.35. The fourth-order valence-corrected chi connectivity index (χ4v) is 3.26. The molecule has 156 valence electrons. The van der Waals surface area contributed by atoms with Crippen molar-refractivity contribution in [2.45, 2.75) is 46.8 Å². The molecule has 0 fully saturated rings. The molecule has 0 bridgehead atoms. The van der Waals surface area contributed by atoms with Crippen LogP contribution >= 0.6 is 11.3 Å². The van der Waals surface area contributed by atoms with Crippen molar-refractivity contribution in [3.8, 4) is 5.75 Å². The highest BCUT2D eigenvalue weighted by molar-refractivity contribution is 7.09. The molecule has 0 aliphatic rings. The Hall–Kier alpha value is -2.44. The largest absolute Gasteiger partial charge is 0.497 e. The smallest absolute Gasteiger partial charge is 0.333 e. The lowest BCUT2D eigenvalue weighted by atomic mass is 10.1. The Morgan fingerprint density at radius 2 is 1.97 bits per heavy atom. The number of hydrogen-bond acceptors (Lipinski definition) is 6. The highest BCUT2D eigenvalue weighted by Gasteiger charge is 2.13. The third-order valence-electron chi connectivity index (χ3n) is 4.37. The number of ether oxygens (including phenoxy) is 3. The fraction of sp³-hybridized carbons (Fsp3) is 0.391. The molecule has 0 amide bonds. The zero-order valence-electron chi connectivity index (χ0n) is 17.7. The summed E-state index contributed by atoms with van der Waals surface area (Å²) in [5.74, 6) is 0.520. The van der Waals surface area contributed by atoms with Crippen LogP contribution in [0.4, 0.5) is 0 Å². The van der Waals surface area contributed by atoms with Crippen LogP contribution < -0.4 is 4.74 Å². The summed E-state index contributed by atoms with van der Waals surface area (Å²) in [7, 11) is 1.65. The first-order valence-electron chi connectivity index (χ1n) is 9.61. The molecular formula is C23H29NO4S. The van der Waals surface area contributed by atoms with Crippen molar-refractivity contribution < 1.29 is 19.0 Å². The molecule has 2 rings (SSSR count). The lowest BCUT2D eigenvalue weighted by Crippen LogP contribution is -2.15. The molecule has 0 radical (unpaired) electrons. The first kappa shape index (κ1) is 22.8. The molecule has 0 N–H and O–H groups in total. The summed E-state index contributed by atoms with van der Waals surface area (Å²) >= 11 is 1.62. The number of aryl methyl sites for hydroxylation is 1. The van der Waals surface area contributed by atoms with Gasteiger partial charge >= 0.3 is 5.97 Å². The van der Waals surface area contributed by atoms with Crippen LogP contribution in [0.15, 0.2) is 46.9 Å². The van der Waals surface area contributed by atoms with Crippen LogP contribution in [-0.4, -0.2) is 30.8 Å². The topological polar surface area (TPSA) is 57.7 Å². The summed E-state index contributed by atoms with van der Waals surface area (Å²) in [5.41, 5.74) is 3.62. The Kier molecular flexibility index (Phi) is 9.09. The van der Waals surface area contributed by atoms with E-state index in [0.717, 1.165) is 27.6 Å². The number of carbonyl (C=O) groups is 1. The number of esters is 1. The van der Waals surface area contributed by atoms with Gasteiger partial charge in [-0.15, -0.1) is 11.3 Å². The lowest BCUT2D eigenvalue weighted by Gasteiger charge is -2.18. The number of rotatable bonds is 10. The van der Waals surface area contributed by atoms with Crippen LogP contribution in [0, 0.1) is 6.92 Å². The molecule has 0 unspecified atom stereocenters. The number of hydrogen-bond donors (Lipinski definition) is 0. The Bertz CT molecular complexity index is 852. The second kappa shape index (κ2) is 11.5. The highest BCUT2D eigenvalue weighted by atomic mass is 32.1. The second-order valence-corrected chi connectivity index (χ2v) is 7.73. The third kappa shape index (κ3) is 7.48. The summed E-state index contributed by atoms with van der Waals surface area (Å²) in [6.07, 6.45) is 4.31. The SMILES string of the molecule is CCOC(=O)/C(C)=C/C[C@H](OCc1ccc(OC)cc1)/C(C)=C/c1csc(C)n1. The van der Waals surface area contributed by atoms with Gasteiger partial charge < -0.3 is 14.2 Å². The van der Waals surface area contributed by atoms with Gasteiger partial charge in [-0.2, -0.15) is 0 Å². The van der Waals surface area contributed by atoms with E-state index in [2.05, 4.69) is 4.98 Å². The van der Waals surface area contributed by atoms with Crippen molar-refractivity contribution in [1.29, 1.82) is 0 Å².